The maximum atomic E-state index is 13.6. The van der Waals surface area contributed by atoms with Crippen molar-refractivity contribution in [3.8, 4) is 5.69 Å². The van der Waals surface area contributed by atoms with Crippen LogP contribution in [0.25, 0.3) is 5.69 Å². The number of amides is 2. The van der Waals surface area contributed by atoms with Crippen LogP contribution in [0.1, 0.15) is 71.6 Å². The van der Waals surface area contributed by atoms with Crippen molar-refractivity contribution in [1.82, 2.24) is 15.1 Å². The van der Waals surface area contributed by atoms with Gasteiger partial charge in [-0.1, -0.05) is 30.3 Å². The minimum Gasteiger partial charge on any atom is -0.481 e. The van der Waals surface area contributed by atoms with Crippen LogP contribution in [0.3, 0.4) is 0 Å². The van der Waals surface area contributed by atoms with Crippen molar-refractivity contribution in [3.63, 3.8) is 0 Å². The first-order valence-electron chi connectivity index (χ1n) is 13.1. The van der Waals surface area contributed by atoms with Gasteiger partial charge in [-0.25, -0.2) is 4.68 Å². The highest BCUT2D eigenvalue weighted by molar-refractivity contribution is 5.96. The van der Waals surface area contributed by atoms with Crippen molar-refractivity contribution < 1.29 is 32.7 Å². The summed E-state index contributed by atoms with van der Waals surface area (Å²) >= 11 is 0. The third-order valence-corrected chi connectivity index (χ3v) is 7.20. The lowest BCUT2D eigenvalue weighted by atomic mass is 9.77. The van der Waals surface area contributed by atoms with Crippen molar-refractivity contribution >= 4 is 23.5 Å². The summed E-state index contributed by atoms with van der Waals surface area (Å²) in [5.41, 5.74) is 0.892. The standard InChI is InChI=1S/C29H31F3N4O4/c1-18-4-2-3-5-24(18)36-17-23(27(35-36)29(30,31)32)28(40)33-15-14-25(37)34-22-12-10-21(11-13-22)20-8-6-19(7-9-20)16-26(38)39/h2-5,10-13,17,19-20H,6-9,14-16H2,1H3,(H,33,40)(H,34,37)(H,38,39)/t19-,20-. The topological polar surface area (TPSA) is 113 Å². The minimum atomic E-state index is -4.83. The fourth-order valence-electron chi connectivity index (χ4n) is 5.09. The molecule has 0 radical (unpaired) electrons. The van der Waals surface area contributed by atoms with E-state index in [0.29, 0.717) is 22.9 Å². The van der Waals surface area contributed by atoms with Crippen LogP contribution in [0.2, 0.25) is 0 Å². The first-order valence-corrected chi connectivity index (χ1v) is 13.1. The highest BCUT2D eigenvalue weighted by Gasteiger charge is 2.39. The quantitative estimate of drug-likeness (QED) is 0.313. The molecule has 0 bridgehead atoms. The number of rotatable bonds is 9. The van der Waals surface area contributed by atoms with Gasteiger partial charge in [0.1, 0.15) is 0 Å². The normalized spacial score (nSPS) is 17.3. The Kier molecular flexibility index (Phi) is 8.91. The summed E-state index contributed by atoms with van der Waals surface area (Å²) < 4.78 is 41.8. The Bertz CT molecular complexity index is 1360. The second-order valence-corrected chi connectivity index (χ2v) is 10.1. The molecule has 0 atom stereocenters. The molecular formula is C29H31F3N4O4. The van der Waals surface area contributed by atoms with Gasteiger partial charge in [0, 0.05) is 31.3 Å². The molecule has 8 nitrogen and oxygen atoms in total. The summed E-state index contributed by atoms with van der Waals surface area (Å²) in [6.45, 7) is 1.57. The van der Waals surface area contributed by atoms with Gasteiger partial charge < -0.3 is 15.7 Å². The van der Waals surface area contributed by atoms with E-state index in [9.17, 15) is 27.6 Å². The lowest BCUT2D eigenvalue weighted by Gasteiger charge is -2.28. The van der Waals surface area contributed by atoms with Gasteiger partial charge in [0.2, 0.25) is 5.91 Å². The highest BCUT2D eigenvalue weighted by Crippen LogP contribution is 2.37. The number of hydrogen-bond donors (Lipinski definition) is 3. The van der Waals surface area contributed by atoms with Gasteiger partial charge in [-0.15, -0.1) is 0 Å². The average Bonchev–Trinajstić information content (AvgIpc) is 3.36. The van der Waals surface area contributed by atoms with Gasteiger partial charge >= 0.3 is 12.1 Å². The van der Waals surface area contributed by atoms with Crippen LogP contribution in [0.4, 0.5) is 18.9 Å². The van der Waals surface area contributed by atoms with E-state index in [1.165, 1.54) is 0 Å². The number of benzene rings is 2. The number of carboxylic acid groups (broad SMARTS) is 1. The molecule has 11 heteroatoms. The molecule has 1 aromatic heterocycles. The number of nitrogens with zero attached hydrogens (tertiary/aromatic N) is 2. The Hall–Kier alpha value is -4.15. The SMILES string of the molecule is Cc1ccccc1-n1cc(C(=O)NCCC(=O)Nc2ccc([C@H]3CC[C@H](CC(=O)O)CC3)cc2)c(C(F)(F)F)n1. The fraction of sp³-hybridized carbons (Fsp3) is 0.379. The lowest BCUT2D eigenvalue weighted by molar-refractivity contribution is -0.141. The number of anilines is 1. The Labute approximate surface area is 229 Å². The molecule has 1 fully saturated rings. The Balaban J connectivity index is 1.29. The summed E-state index contributed by atoms with van der Waals surface area (Å²) in [6.07, 6.45) is -0.126. The predicted molar refractivity (Wildman–Crippen MR) is 142 cm³/mol. The van der Waals surface area contributed by atoms with E-state index in [0.717, 1.165) is 42.1 Å². The largest absolute Gasteiger partial charge is 0.481 e. The monoisotopic (exact) mass is 556 g/mol. The second-order valence-electron chi connectivity index (χ2n) is 10.1. The Morgan fingerprint density at radius 2 is 1.70 bits per heavy atom. The molecule has 2 aromatic carbocycles. The van der Waals surface area contributed by atoms with Crippen molar-refractivity contribution in [2.45, 2.75) is 57.5 Å². The van der Waals surface area contributed by atoms with Crippen LogP contribution in [-0.2, 0) is 15.8 Å². The fourth-order valence-corrected chi connectivity index (χ4v) is 5.09. The summed E-state index contributed by atoms with van der Waals surface area (Å²) in [6, 6.07) is 14.2. The molecule has 2 amide bonds. The molecular weight excluding hydrogens is 525 g/mol. The van der Waals surface area contributed by atoms with E-state index < -0.39 is 35.2 Å². The molecule has 40 heavy (non-hydrogen) atoms. The number of nitrogens with one attached hydrogen (secondary N) is 2. The van der Waals surface area contributed by atoms with E-state index in [1.54, 1.807) is 43.3 Å². The molecule has 0 spiro atoms. The Morgan fingerprint density at radius 1 is 1.02 bits per heavy atom. The van der Waals surface area contributed by atoms with Crippen LogP contribution in [0.15, 0.2) is 54.7 Å². The van der Waals surface area contributed by atoms with Gasteiger partial charge in [-0.05, 0) is 73.8 Å². The van der Waals surface area contributed by atoms with Crippen LogP contribution in [0, 0.1) is 12.8 Å². The molecule has 212 valence electrons. The van der Waals surface area contributed by atoms with Crippen molar-refractivity contribution in [3.05, 3.63) is 77.1 Å². The van der Waals surface area contributed by atoms with E-state index >= 15 is 0 Å². The van der Waals surface area contributed by atoms with E-state index in [-0.39, 0.29) is 25.3 Å². The summed E-state index contributed by atoms with van der Waals surface area (Å²) in [5.74, 6) is -1.56. The maximum absolute atomic E-state index is 13.6. The van der Waals surface area contributed by atoms with Crippen LogP contribution < -0.4 is 10.6 Å². The molecule has 0 saturated heterocycles. The summed E-state index contributed by atoms with van der Waals surface area (Å²) in [4.78, 5) is 35.9. The maximum Gasteiger partial charge on any atom is 0.435 e. The van der Waals surface area contributed by atoms with Crippen LogP contribution >= 0.6 is 0 Å². The number of para-hydroxylation sites is 1. The third kappa shape index (κ3) is 7.28. The Morgan fingerprint density at radius 3 is 2.33 bits per heavy atom. The number of halogens is 3. The van der Waals surface area contributed by atoms with Gasteiger partial charge in [0.05, 0.1) is 11.3 Å². The average molecular weight is 557 g/mol. The molecule has 1 saturated carbocycles. The van der Waals surface area contributed by atoms with Crippen LogP contribution in [-0.4, -0.2) is 39.2 Å². The number of aromatic nitrogens is 2. The number of carbonyl (C=O) groups excluding carboxylic acids is 2. The zero-order valence-electron chi connectivity index (χ0n) is 22.0. The number of alkyl halides is 3. The van der Waals surface area contributed by atoms with Gasteiger partial charge in [0.25, 0.3) is 5.91 Å². The molecule has 0 unspecified atom stereocenters. The lowest BCUT2D eigenvalue weighted by Crippen LogP contribution is -2.29. The second kappa shape index (κ2) is 12.4. The van der Waals surface area contributed by atoms with E-state index in [2.05, 4.69) is 15.7 Å². The molecule has 3 N–H and O–H groups in total. The van der Waals surface area contributed by atoms with E-state index in [4.69, 9.17) is 5.11 Å². The van der Waals surface area contributed by atoms with Gasteiger partial charge in [-0.3, -0.25) is 14.4 Å². The van der Waals surface area contributed by atoms with Crippen molar-refractivity contribution in [1.29, 1.82) is 0 Å². The first kappa shape index (κ1) is 28.8. The molecule has 1 aliphatic carbocycles. The molecule has 1 aliphatic rings. The smallest absolute Gasteiger partial charge is 0.435 e. The number of carboxylic acids is 1. The zero-order chi connectivity index (χ0) is 28.9. The van der Waals surface area contributed by atoms with Gasteiger partial charge in [0.15, 0.2) is 5.69 Å². The van der Waals surface area contributed by atoms with Crippen LogP contribution in [0.5, 0.6) is 0 Å². The number of hydrogen-bond acceptors (Lipinski definition) is 4. The van der Waals surface area contributed by atoms with E-state index in [1.807, 2.05) is 12.1 Å². The first-order chi connectivity index (χ1) is 19.0. The molecule has 3 aromatic rings. The predicted octanol–water partition coefficient (Wildman–Crippen LogP) is 5.71. The number of carbonyl (C=O) groups is 3. The number of aryl methyl sites for hydroxylation is 1. The van der Waals surface area contributed by atoms with Gasteiger partial charge in [-0.2, -0.15) is 18.3 Å². The number of aliphatic carboxylic acids is 1. The van der Waals surface area contributed by atoms with Crippen molar-refractivity contribution in [2.24, 2.45) is 5.92 Å². The molecule has 4 rings (SSSR count). The third-order valence-electron chi connectivity index (χ3n) is 7.20. The molecule has 0 aliphatic heterocycles. The summed E-state index contributed by atoms with van der Waals surface area (Å²) in [5, 5.41) is 17.7. The summed E-state index contributed by atoms with van der Waals surface area (Å²) in [7, 11) is 0. The highest BCUT2D eigenvalue weighted by atomic mass is 19.4. The minimum absolute atomic E-state index is 0.131. The zero-order valence-corrected chi connectivity index (χ0v) is 22.0. The van der Waals surface area contributed by atoms with Crippen molar-refractivity contribution in [2.75, 3.05) is 11.9 Å². The molecule has 1 heterocycles.